The first-order chi connectivity index (χ1) is 8.59. The average Bonchev–Trinajstić information content (AvgIpc) is 2.67. The van der Waals surface area contributed by atoms with Crippen LogP contribution in [0.4, 0.5) is 5.69 Å². The molecule has 0 aromatic carbocycles. The van der Waals surface area contributed by atoms with Crippen LogP contribution >= 0.6 is 11.3 Å². The largest absolute Gasteiger partial charge is 0.397 e. The number of hydrogen-bond acceptors (Lipinski definition) is 5. The first-order valence-corrected chi connectivity index (χ1v) is 6.32. The average molecular weight is 262 g/mol. The first-order valence-electron chi connectivity index (χ1n) is 5.51. The van der Waals surface area contributed by atoms with E-state index in [2.05, 4.69) is 15.5 Å². The Kier molecular flexibility index (Phi) is 3.57. The van der Waals surface area contributed by atoms with Crippen molar-refractivity contribution in [1.82, 2.24) is 15.5 Å². The number of nitrogens with one attached hydrogen (secondary N) is 1. The summed E-state index contributed by atoms with van der Waals surface area (Å²) in [5, 5.41) is 11.3. The number of carbonyl (C=O) groups is 1. The maximum absolute atomic E-state index is 12.0. The third-order valence-electron chi connectivity index (χ3n) is 2.40. The van der Waals surface area contributed by atoms with Crippen molar-refractivity contribution < 1.29 is 4.79 Å². The molecule has 0 saturated carbocycles. The Balaban J connectivity index is 2.23. The second-order valence-corrected chi connectivity index (χ2v) is 5.09. The van der Waals surface area contributed by atoms with Gasteiger partial charge in [-0.3, -0.25) is 4.79 Å². The number of nitrogens with two attached hydrogens (primary N) is 1. The van der Waals surface area contributed by atoms with E-state index < -0.39 is 0 Å². The van der Waals surface area contributed by atoms with Gasteiger partial charge in [-0.05, 0) is 19.9 Å². The molecule has 0 radical (unpaired) electrons. The van der Waals surface area contributed by atoms with Gasteiger partial charge in [0, 0.05) is 11.9 Å². The van der Waals surface area contributed by atoms with E-state index in [1.807, 2.05) is 19.9 Å². The van der Waals surface area contributed by atoms with Crippen LogP contribution in [0.15, 0.2) is 23.9 Å². The molecule has 94 valence electrons. The van der Waals surface area contributed by atoms with Crippen molar-refractivity contribution in [3.63, 3.8) is 0 Å². The van der Waals surface area contributed by atoms with Crippen molar-refractivity contribution in [2.24, 2.45) is 0 Å². The molecule has 2 aromatic heterocycles. The molecule has 0 fully saturated rings. The van der Waals surface area contributed by atoms with Gasteiger partial charge in [0.2, 0.25) is 0 Å². The minimum Gasteiger partial charge on any atom is -0.397 e. The van der Waals surface area contributed by atoms with E-state index in [1.165, 1.54) is 11.3 Å². The van der Waals surface area contributed by atoms with E-state index >= 15 is 0 Å². The van der Waals surface area contributed by atoms with Crippen LogP contribution in [0.3, 0.4) is 0 Å². The maximum atomic E-state index is 12.0. The van der Waals surface area contributed by atoms with E-state index in [0.29, 0.717) is 21.9 Å². The fourth-order valence-electron chi connectivity index (χ4n) is 1.47. The third-order valence-corrected chi connectivity index (χ3v) is 3.50. The molecule has 0 unspecified atom stereocenters. The lowest BCUT2D eigenvalue weighted by Crippen LogP contribution is -2.23. The van der Waals surface area contributed by atoms with Crippen LogP contribution in [0.1, 0.15) is 23.5 Å². The van der Waals surface area contributed by atoms with Gasteiger partial charge in [-0.1, -0.05) is 11.6 Å². The lowest BCUT2D eigenvalue weighted by molar-refractivity contribution is 0.0963. The first kappa shape index (κ1) is 12.5. The summed E-state index contributed by atoms with van der Waals surface area (Å²) < 4.78 is 0. The Bertz CT molecular complexity index is 614. The molecule has 0 aliphatic carbocycles. The van der Waals surface area contributed by atoms with Gasteiger partial charge in [0.05, 0.1) is 11.9 Å². The van der Waals surface area contributed by atoms with Crippen LogP contribution < -0.4 is 11.1 Å². The molecule has 2 rings (SSSR count). The predicted octanol–water partition coefficient (Wildman–Crippen LogP) is 1.97. The summed E-state index contributed by atoms with van der Waals surface area (Å²) in [4.78, 5) is 13.1. The molecule has 0 bridgehead atoms. The fraction of sp³-hybridized carbons (Fsp3) is 0.250. The molecule has 5 nitrogen and oxygen atoms in total. The van der Waals surface area contributed by atoms with Gasteiger partial charge in [0.15, 0.2) is 0 Å². The van der Waals surface area contributed by atoms with E-state index in [-0.39, 0.29) is 5.91 Å². The number of fused-ring (bicyclic) bond motifs is 1. The highest BCUT2D eigenvalue weighted by molar-refractivity contribution is 7.21. The van der Waals surface area contributed by atoms with Gasteiger partial charge in [0.25, 0.3) is 5.91 Å². The van der Waals surface area contributed by atoms with Crippen LogP contribution in [-0.4, -0.2) is 22.6 Å². The number of carbonyl (C=O) groups excluding carboxylic acids is 1. The molecule has 2 aromatic rings. The summed E-state index contributed by atoms with van der Waals surface area (Å²) in [6, 6.07) is 1.76. The highest BCUT2D eigenvalue weighted by Crippen LogP contribution is 2.31. The van der Waals surface area contributed by atoms with Crippen LogP contribution in [0.2, 0.25) is 0 Å². The SMILES string of the molecule is CC(C)=CCNC(=O)c1sc2nnccc2c1N. The minimum atomic E-state index is -0.173. The van der Waals surface area contributed by atoms with Crippen LogP contribution in [-0.2, 0) is 0 Å². The maximum Gasteiger partial charge on any atom is 0.263 e. The molecule has 0 atom stereocenters. The lowest BCUT2D eigenvalue weighted by Gasteiger charge is -2.01. The Labute approximate surface area is 109 Å². The summed E-state index contributed by atoms with van der Waals surface area (Å²) in [6.07, 6.45) is 3.51. The van der Waals surface area contributed by atoms with Gasteiger partial charge in [0.1, 0.15) is 9.71 Å². The number of aromatic nitrogens is 2. The number of nitrogens with zero attached hydrogens (tertiary/aromatic N) is 2. The van der Waals surface area contributed by atoms with Crippen molar-refractivity contribution in [2.45, 2.75) is 13.8 Å². The van der Waals surface area contributed by atoms with E-state index in [0.717, 1.165) is 11.0 Å². The number of rotatable bonds is 3. The van der Waals surface area contributed by atoms with Gasteiger partial charge < -0.3 is 11.1 Å². The number of anilines is 1. The van der Waals surface area contributed by atoms with Gasteiger partial charge in [-0.15, -0.1) is 16.4 Å². The second kappa shape index (κ2) is 5.14. The van der Waals surface area contributed by atoms with Crippen molar-refractivity contribution >= 4 is 33.1 Å². The van der Waals surface area contributed by atoms with Gasteiger partial charge in [-0.2, -0.15) is 5.10 Å². The molecule has 1 amide bonds. The van der Waals surface area contributed by atoms with Crippen molar-refractivity contribution in [1.29, 1.82) is 0 Å². The van der Waals surface area contributed by atoms with E-state index in [4.69, 9.17) is 5.73 Å². The van der Waals surface area contributed by atoms with Gasteiger partial charge >= 0.3 is 0 Å². The minimum absolute atomic E-state index is 0.173. The molecule has 18 heavy (non-hydrogen) atoms. The molecule has 2 heterocycles. The number of allylic oxidation sites excluding steroid dienone is 1. The van der Waals surface area contributed by atoms with Crippen LogP contribution in [0.25, 0.3) is 10.2 Å². The summed E-state index contributed by atoms with van der Waals surface area (Å²) >= 11 is 1.26. The molecule has 0 spiro atoms. The second-order valence-electron chi connectivity index (χ2n) is 4.09. The number of hydrogen-bond donors (Lipinski definition) is 2. The number of thiophene rings is 1. The standard InChI is InChI=1S/C12H14N4OS/c1-7(2)3-5-14-11(17)10-9(13)8-4-6-15-16-12(8)18-10/h3-4,6H,5,13H2,1-2H3,(H,14,17). The number of amides is 1. The summed E-state index contributed by atoms with van der Waals surface area (Å²) in [5.41, 5.74) is 7.57. The quantitative estimate of drug-likeness (QED) is 0.829. The molecule has 3 N–H and O–H groups in total. The molecule has 0 aliphatic rings. The Hall–Kier alpha value is -1.95. The lowest BCUT2D eigenvalue weighted by atomic mass is 10.2. The molecular weight excluding hydrogens is 248 g/mol. The zero-order chi connectivity index (χ0) is 13.1. The van der Waals surface area contributed by atoms with Crippen LogP contribution in [0.5, 0.6) is 0 Å². The Morgan fingerprint density at radius 3 is 3.00 bits per heavy atom. The van der Waals surface area contributed by atoms with Crippen molar-refractivity contribution in [3.8, 4) is 0 Å². The van der Waals surface area contributed by atoms with Crippen molar-refractivity contribution in [3.05, 3.63) is 28.8 Å². The molecule has 0 aliphatic heterocycles. The zero-order valence-corrected chi connectivity index (χ0v) is 11.0. The fourth-order valence-corrected chi connectivity index (χ4v) is 2.42. The smallest absolute Gasteiger partial charge is 0.263 e. The Morgan fingerprint density at radius 1 is 1.56 bits per heavy atom. The summed E-state index contributed by atoms with van der Waals surface area (Å²) in [6.45, 7) is 4.46. The summed E-state index contributed by atoms with van der Waals surface area (Å²) in [7, 11) is 0. The molecule has 0 saturated heterocycles. The monoisotopic (exact) mass is 262 g/mol. The molecular formula is C12H14N4OS. The topological polar surface area (TPSA) is 80.9 Å². The Morgan fingerprint density at radius 2 is 2.33 bits per heavy atom. The van der Waals surface area contributed by atoms with Crippen molar-refractivity contribution in [2.75, 3.05) is 12.3 Å². The van der Waals surface area contributed by atoms with E-state index in [1.54, 1.807) is 12.3 Å². The van der Waals surface area contributed by atoms with Gasteiger partial charge in [-0.25, -0.2) is 0 Å². The predicted molar refractivity (Wildman–Crippen MR) is 73.6 cm³/mol. The zero-order valence-electron chi connectivity index (χ0n) is 10.2. The number of nitrogen functional groups attached to an aromatic ring is 1. The highest BCUT2D eigenvalue weighted by Gasteiger charge is 2.16. The normalized spacial score (nSPS) is 10.3. The van der Waals surface area contributed by atoms with Crippen LogP contribution in [0, 0.1) is 0 Å². The third kappa shape index (κ3) is 2.48. The molecule has 6 heteroatoms. The highest BCUT2D eigenvalue weighted by atomic mass is 32.1. The summed E-state index contributed by atoms with van der Waals surface area (Å²) in [5.74, 6) is -0.173. The van der Waals surface area contributed by atoms with E-state index in [9.17, 15) is 4.79 Å².